The first-order valence-corrected chi connectivity index (χ1v) is 27.2. The van der Waals surface area contributed by atoms with Crippen LogP contribution in [0.2, 0.25) is 0 Å². The predicted octanol–water partition coefficient (Wildman–Crippen LogP) is 18.1. The Labute approximate surface area is 407 Å². The lowest BCUT2D eigenvalue weighted by atomic mass is 10.1. The molecule has 0 saturated heterocycles. The van der Waals surface area contributed by atoms with Crippen molar-refractivity contribution >= 4 is 17.9 Å². The summed E-state index contributed by atoms with van der Waals surface area (Å²) in [6.07, 6.45) is 71.1. The number of rotatable bonds is 48. The van der Waals surface area contributed by atoms with Gasteiger partial charge in [-0.3, -0.25) is 14.4 Å². The smallest absolute Gasteiger partial charge is 0.306 e. The molecule has 0 aromatic heterocycles. The minimum absolute atomic E-state index is 0.0919. The van der Waals surface area contributed by atoms with E-state index < -0.39 is 6.10 Å². The van der Waals surface area contributed by atoms with E-state index in [1.807, 2.05) is 0 Å². The summed E-state index contributed by atoms with van der Waals surface area (Å²) in [4.78, 5) is 38.0. The van der Waals surface area contributed by atoms with Gasteiger partial charge in [0.05, 0.1) is 0 Å². The van der Waals surface area contributed by atoms with Gasteiger partial charge < -0.3 is 14.2 Å². The molecule has 1 atom stereocenters. The monoisotopic (exact) mass is 917 g/mol. The van der Waals surface area contributed by atoms with Gasteiger partial charge in [0.15, 0.2) is 6.10 Å². The van der Waals surface area contributed by atoms with E-state index in [0.29, 0.717) is 19.3 Å². The van der Waals surface area contributed by atoms with E-state index in [4.69, 9.17) is 14.2 Å². The zero-order valence-corrected chi connectivity index (χ0v) is 42.9. The van der Waals surface area contributed by atoms with E-state index in [1.165, 1.54) is 70.6 Å². The zero-order chi connectivity index (χ0) is 47.9. The summed E-state index contributed by atoms with van der Waals surface area (Å²) in [5, 5.41) is 0. The van der Waals surface area contributed by atoms with E-state index in [1.54, 1.807) is 0 Å². The van der Waals surface area contributed by atoms with Crippen LogP contribution in [0.15, 0.2) is 97.2 Å². The third-order valence-corrected chi connectivity index (χ3v) is 11.3. The Bertz CT molecular complexity index is 1330. The lowest BCUT2D eigenvalue weighted by Gasteiger charge is -2.18. The summed E-state index contributed by atoms with van der Waals surface area (Å²) in [5.41, 5.74) is 0. The molecule has 0 aromatic rings. The first kappa shape index (κ1) is 62.3. The van der Waals surface area contributed by atoms with Gasteiger partial charge in [0.2, 0.25) is 0 Å². The Morgan fingerprint density at radius 1 is 0.318 bits per heavy atom. The van der Waals surface area contributed by atoms with Crippen molar-refractivity contribution in [1.82, 2.24) is 0 Å². The van der Waals surface area contributed by atoms with Gasteiger partial charge in [0.1, 0.15) is 13.2 Å². The molecule has 0 fully saturated rings. The maximum absolute atomic E-state index is 12.8. The van der Waals surface area contributed by atoms with E-state index in [9.17, 15) is 14.4 Å². The maximum atomic E-state index is 12.8. The SMILES string of the molecule is CC/C=C\C/C=C\C/C=C\C/C=C\C/C=C\CCCCCCCCCC(=O)OCC(COC(=O)CCCCCCC/C=C\CCCC)OC(=O)CCCCCCC/C=C\C/C=C\CCCC. The Morgan fingerprint density at radius 3 is 0.939 bits per heavy atom. The lowest BCUT2D eigenvalue weighted by Crippen LogP contribution is -2.30. The minimum Gasteiger partial charge on any atom is -0.462 e. The van der Waals surface area contributed by atoms with Gasteiger partial charge >= 0.3 is 17.9 Å². The minimum atomic E-state index is -0.793. The molecule has 0 N–H and O–H groups in total. The zero-order valence-electron chi connectivity index (χ0n) is 42.9. The van der Waals surface area contributed by atoms with Crippen molar-refractivity contribution in [2.24, 2.45) is 0 Å². The van der Waals surface area contributed by atoms with Crippen molar-refractivity contribution in [3.8, 4) is 0 Å². The Balaban J connectivity index is 4.36. The molecule has 0 amide bonds. The molecule has 6 heteroatoms. The number of carbonyl (C=O) groups is 3. The highest BCUT2D eigenvalue weighted by molar-refractivity contribution is 5.71. The topological polar surface area (TPSA) is 78.9 Å². The lowest BCUT2D eigenvalue weighted by molar-refractivity contribution is -0.167. The molecule has 0 spiro atoms. The molecule has 0 bridgehead atoms. The molecular weight excluding hydrogens is 817 g/mol. The van der Waals surface area contributed by atoms with Crippen LogP contribution < -0.4 is 0 Å². The first-order valence-electron chi connectivity index (χ1n) is 27.2. The first-order chi connectivity index (χ1) is 32.5. The normalized spacial score (nSPS) is 12.8. The largest absolute Gasteiger partial charge is 0.462 e. The van der Waals surface area contributed by atoms with Crippen molar-refractivity contribution in [3.05, 3.63) is 97.2 Å². The number of hydrogen-bond acceptors (Lipinski definition) is 6. The fourth-order valence-electron chi connectivity index (χ4n) is 7.17. The number of ether oxygens (including phenoxy) is 3. The van der Waals surface area contributed by atoms with Crippen LogP contribution in [0.3, 0.4) is 0 Å². The summed E-state index contributed by atoms with van der Waals surface area (Å²) in [5.74, 6) is -0.928. The average molecular weight is 917 g/mol. The average Bonchev–Trinajstić information content (AvgIpc) is 3.31. The van der Waals surface area contributed by atoms with Crippen molar-refractivity contribution < 1.29 is 28.6 Å². The molecule has 1 unspecified atom stereocenters. The highest BCUT2D eigenvalue weighted by Crippen LogP contribution is 2.14. The van der Waals surface area contributed by atoms with Crippen molar-refractivity contribution in [3.63, 3.8) is 0 Å². The van der Waals surface area contributed by atoms with Gasteiger partial charge in [-0.1, -0.05) is 214 Å². The maximum Gasteiger partial charge on any atom is 0.306 e. The second-order valence-electron chi connectivity index (χ2n) is 17.7. The van der Waals surface area contributed by atoms with Crippen LogP contribution >= 0.6 is 0 Å². The fourth-order valence-corrected chi connectivity index (χ4v) is 7.17. The number of carbonyl (C=O) groups excluding carboxylic acids is 3. The summed E-state index contributed by atoms with van der Waals surface area (Å²) < 4.78 is 16.8. The molecular formula is C60H100O6. The summed E-state index contributed by atoms with van der Waals surface area (Å²) in [6.45, 7) is 6.41. The molecule has 0 aliphatic rings. The van der Waals surface area contributed by atoms with Gasteiger partial charge in [0.25, 0.3) is 0 Å². The van der Waals surface area contributed by atoms with Crippen LogP contribution in [0.25, 0.3) is 0 Å². The highest BCUT2D eigenvalue weighted by Gasteiger charge is 2.19. The third kappa shape index (κ3) is 51.3. The summed E-state index contributed by atoms with van der Waals surface area (Å²) in [6, 6.07) is 0. The number of unbranched alkanes of at least 4 members (excludes halogenated alkanes) is 21. The van der Waals surface area contributed by atoms with Crippen LogP contribution in [0.5, 0.6) is 0 Å². The third-order valence-electron chi connectivity index (χ3n) is 11.3. The molecule has 0 saturated carbocycles. The van der Waals surface area contributed by atoms with Gasteiger partial charge in [0, 0.05) is 19.3 Å². The summed E-state index contributed by atoms with van der Waals surface area (Å²) >= 11 is 0. The Morgan fingerprint density at radius 2 is 0.591 bits per heavy atom. The van der Waals surface area contributed by atoms with E-state index in [-0.39, 0.29) is 31.1 Å². The van der Waals surface area contributed by atoms with Crippen LogP contribution in [0, 0.1) is 0 Å². The predicted molar refractivity (Wildman–Crippen MR) is 284 cm³/mol. The van der Waals surface area contributed by atoms with Crippen LogP contribution in [-0.2, 0) is 28.6 Å². The van der Waals surface area contributed by atoms with E-state index >= 15 is 0 Å². The molecule has 0 radical (unpaired) electrons. The molecule has 0 aliphatic carbocycles. The van der Waals surface area contributed by atoms with Crippen molar-refractivity contribution in [2.45, 2.75) is 252 Å². The number of hydrogen-bond donors (Lipinski definition) is 0. The van der Waals surface area contributed by atoms with Crippen molar-refractivity contribution in [1.29, 1.82) is 0 Å². The van der Waals surface area contributed by atoms with Crippen LogP contribution in [-0.4, -0.2) is 37.2 Å². The quantitative estimate of drug-likeness (QED) is 0.0262. The van der Waals surface area contributed by atoms with Gasteiger partial charge in [-0.05, 0) is 109 Å². The van der Waals surface area contributed by atoms with Gasteiger partial charge in [-0.2, -0.15) is 0 Å². The molecule has 6 nitrogen and oxygen atoms in total. The van der Waals surface area contributed by atoms with E-state index in [2.05, 4.69) is 118 Å². The molecule has 376 valence electrons. The number of esters is 3. The van der Waals surface area contributed by atoms with Gasteiger partial charge in [-0.25, -0.2) is 0 Å². The van der Waals surface area contributed by atoms with Crippen LogP contribution in [0.4, 0.5) is 0 Å². The molecule has 0 heterocycles. The fraction of sp³-hybridized carbons (Fsp3) is 0.683. The Kier molecular flexibility index (Phi) is 50.9. The summed E-state index contributed by atoms with van der Waals surface area (Å²) in [7, 11) is 0. The highest BCUT2D eigenvalue weighted by atomic mass is 16.6. The molecule has 0 aromatic carbocycles. The molecule has 0 rings (SSSR count). The Hall–Kier alpha value is -3.67. The van der Waals surface area contributed by atoms with Crippen LogP contribution in [0.1, 0.15) is 245 Å². The van der Waals surface area contributed by atoms with Crippen molar-refractivity contribution in [2.75, 3.05) is 13.2 Å². The van der Waals surface area contributed by atoms with Gasteiger partial charge in [-0.15, -0.1) is 0 Å². The number of allylic oxidation sites excluding steroid dienone is 16. The second-order valence-corrected chi connectivity index (χ2v) is 17.7. The second kappa shape index (κ2) is 53.9. The molecule has 66 heavy (non-hydrogen) atoms. The molecule has 0 aliphatic heterocycles. The standard InChI is InChI=1S/C60H100O6/c1-4-7-10-13-16-19-22-24-26-27-28-29-30-31-32-33-34-36-38-41-44-47-50-53-59(62)65-56-57(55-64-58(61)52-49-46-43-40-37-21-18-15-12-9-6-3)66-60(63)54-51-48-45-42-39-35-25-23-20-17-14-11-8-5-2/h7,10,14-19,23-26,28-29,31-32,57H,4-6,8-9,11-13,20-22,27,30,33-56H2,1-3H3/b10-7-,17-14-,18-15-,19-16-,25-23-,26-24-,29-28-,32-31-. The van der Waals surface area contributed by atoms with E-state index in [0.717, 1.165) is 135 Å².